The molecule has 0 saturated carbocycles. The molecule has 0 amide bonds. The fourth-order valence-electron chi connectivity index (χ4n) is 4.19. The van der Waals surface area contributed by atoms with E-state index in [4.69, 9.17) is 19.3 Å². The Hall–Kier alpha value is -1.32. The smallest absolute Gasteiger partial charge is 0.350 e. The van der Waals surface area contributed by atoms with Crippen molar-refractivity contribution in [3.63, 3.8) is 0 Å². The molecule has 0 radical (unpaired) electrons. The van der Waals surface area contributed by atoms with Gasteiger partial charge in [-0.25, -0.2) is 9.18 Å². The first-order chi connectivity index (χ1) is 18.3. The van der Waals surface area contributed by atoms with Crippen LogP contribution in [0.15, 0.2) is 11.0 Å². The fourth-order valence-corrected chi connectivity index (χ4v) is 4.56. The monoisotopic (exact) mass is 563 g/mol. The number of rotatable bonds is 26. The Morgan fingerprint density at radius 3 is 1.89 bits per heavy atom. The van der Waals surface area contributed by atoms with Gasteiger partial charge in [0.2, 0.25) is 0 Å². The molecule has 0 fully saturated rings. The molecule has 1 aromatic heterocycles. The van der Waals surface area contributed by atoms with E-state index in [1.165, 1.54) is 89.9 Å². The first-order valence-electron chi connectivity index (χ1n) is 14.5. The molecular formula is C27H51FN3O6P. The maximum Gasteiger partial charge on any atom is 0.350 e. The predicted molar refractivity (Wildman–Crippen MR) is 150 cm³/mol. The highest BCUT2D eigenvalue weighted by molar-refractivity contribution is 7.51. The minimum atomic E-state index is -4.28. The number of halogens is 1. The number of aromatic nitrogens is 2. The van der Waals surface area contributed by atoms with Crippen LogP contribution in [-0.2, 0) is 20.6 Å². The normalized spacial score (nSPS) is 11.8. The summed E-state index contributed by atoms with van der Waals surface area (Å²) in [4.78, 5) is 33.1. The largest absolute Gasteiger partial charge is 0.380 e. The van der Waals surface area contributed by atoms with E-state index in [1.807, 2.05) is 0 Å². The topological polar surface area (TPSA) is 123 Å². The van der Waals surface area contributed by atoms with Crippen LogP contribution in [0.1, 0.15) is 110 Å². The van der Waals surface area contributed by atoms with Crippen LogP contribution in [0.2, 0.25) is 0 Å². The van der Waals surface area contributed by atoms with Crippen molar-refractivity contribution in [2.24, 2.45) is 0 Å². The van der Waals surface area contributed by atoms with Gasteiger partial charge in [-0.3, -0.25) is 9.13 Å². The van der Waals surface area contributed by atoms with Gasteiger partial charge in [-0.1, -0.05) is 103 Å². The number of nitrogens with one attached hydrogen (secondary N) is 1. The molecule has 222 valence electrons. The number of unbranched alkanes of at least 4 members (excludes halogenated alkanes) is 15. The highest BCUT2D eigenvalue weighted by Crippen LogP contribution is 2.33. The van der Waals surface area contributed by atoms with E-state index in [9.17, 15) is 13.8 Å². The minimum absolute atomic E-state index is 0.0640. The Morgan fingerprint density at radius 1 is 0.842 bits per heavy atom. The molecule has 0 saturated heterocycles. The summed E-state index contributed by atoms with van der Waals surface area (Å²) in [5, 5.41) is 2.77. The van der Waals surface area contributed by atoms with Gasteiger partial charge in [0, 0.05) is 19.3 Å². The molecule has 0 aliphatic rings. The van der Waals surface area contributed by atoms with E-state index < -0.39 is 25.5 Å². The lowest BCUT2D eigenvalue weighted by Crippen LogP contribution is -2.27. The zero-order valence-corrected chi connectivity index (χ0v) is 24.3. The van der Waals surface area contributed by atoms with Crippen molar-refractivity contribution in [2.45, 2.75) is 116 Å². The van der Waals surface area contributed by atoms with Crippen molar-refractivity contribution in [3.8, 4) is 0 Å². The van der Waals surface area contributed by atoms with Gasteiger partial charge < -0.3 is 24.6 Å². The third-order valence-corrected chi connectivity index (χ3v) is 6.88. The average molecular weight is 564 g/mol. The molecule has 0 unspecified atom stereocenters. The second kappa shape index (κ2) is 22.5. The maximum absolute atomic E-state index is 14.2. The number of ether oxygens (including phenoxy) is 2. The summed E-state index contributed by atoms with van der Waals surface area (Å²) >= 11 is 0. The SMILES string of the molecule is CCCCCCCCCCCCCCCCCCOCCNc1nc(=O)n(CCOCP(=O)(O)O)cc1F. The highest BCUT2D eigenvalue weighted by atomic mass is 31.2. The molecule has 0 aliphatic heterocycles. The molecule has 0 aromatic carbocycles. The molecule has 9 nitrogen and oxygen atoms in total. The fraction of sp³-hybridized carbons (Fsp3) is 0.852. The van der Waals surface area contributed by atoms with Crippen LogP contribution in [0, 0.1) is 5.82 Å². The lowest BCUT2D eigenvalue weighted by molar-refractivity contribution is 0.139. The quantitative estimate of drug-likeness (QED) is 0.0896. The van der Waals surface area contributed by atoms with Gasteiger partial charge in [0.15, 0.2) is 11.6 Å². The standard InChI is InChI=1S/C27H51FN3O6P/c1-2-3-4-5-6-7-8-9-10-11-12-13-14-15-16-17-20-36-21-18-29-26-25(28)23-31(27(32)30-26)19-22-37-24-38(33,34)35/h23H,2-22,24H2,1H3,(H,29,30,32)(H2,33,34,35). The molecule has 11 heteroatoms. The van der Waals surface area contributed by atoms with Crippen molar-refractivity contribution in [1.29, 1.82) is 0 Å². The molecule has 38 heavy (non-hydrogen) atoms. The number of anilines is 1. The van der Waals surface area contributed by atoms with Gasteiger partial charge in [-0.2, -0.15) is 4.98 Å². The van der Waals surface area contributed by atoms with Crippen molar-refractivity contribution < 1.29 is 28.2 Å². The Morgan fingerprint density at radius 2 is 1.37 bits per heavy atom. The van der Waals surface area contributed by atoms with Gasteiger partial charge >= 0.3 is 13.3 Å². The summed E-state index contributed by atoms with van der Waals surface area (Å²) < 4.78 is 36.3. The molecule has 0 aliphatic carbocycles. The van der Waals surface area contributed by atoms with Crippen LogP contribution >= 0.6 is 7.60 Å². The zero-order valence-electron chi connectivity index (χ0n) is 23.4. The van der Waals surface area contributed by atoms with Crippen molar-refractivity contribution in [3.05, 3.63) is 22.5 Å². The van der Waals surface area contributed by atoms with Crippen LogP contribution in [-0.4, -0.2) is 52.1 Å². The number of hydrogen-bond donors (Lipinski definition) is 3. The Kier molecular flexibility index (Phi) is 20.5. The molecule has 1 aromatic rings. The molecule has 0 spiro atoms. The predicted octanol–water partition coefficient (Wildman–Crippen LogP) is 6.22. The van der Waals surface area contributed by atoms with Crippen LogP contribution in [0.3, 0.4) is 0 Å². The van der Waals surface area contributed by atoms with E-state index in [-0.39, 0.29) is 19.0 Å². The van der Waals surface area contributed by atoms with E-state index >= 15 is 0 Å². The summed E-state index contributed by atoms with van der Waals surface area (Å²) in [5.74, 6) is -0.842. The second-order valence-corrected chi connectivity index (χ2v) is 11.5. The van der Waals surface area contributed by atoms with E-state index in [2.05, 4.69) is 17.2 Å². The molecular weight excluding hydrogens is 512 g/mol. The van der Waals surface area contributed by atoms with Gasteiger partial charge in [0.25, 0.3) is 0 Å². The van der Waals surface area contributed by atoms with Crippen molar-refractivity contribution in [2.75, 3.05) is 38.0 Å². The summed E-state index contributed by atoms with van der Waals surface area (Å²) in [7, 11) is -4.28. The lowest BCUT2D eigenvalue weighted by atomic mass is 10.0. The molecule has 1 heterocycles. The number of nitrogens with zero attached hydrogens (tertiary/aromatic N) is 2. The Bertz CT molecular complexity index is 820. The molecule has 1 rings (SSSR count). The molecule has 0 atom stereocenters. The summed E-state index contributed by atoms with van der Waals surface area (Å²) in [5.41, 5.74) is -0.678. The Labute approximate surface area is 228 Å². The Balaban J connectivity index is 1.94. The number of hydrogen-bond acceptors (Lipinski definition) is 6. The van der Waals surface area contributed by atoms with Crippen LogP contribution < -0.4 is 11.0 Å². The van der Waals surface area contributed by atoms with Gasteiger partial charge in [-0.15, -0.1) is 0 Å². The third-order valence-electron chi connectivity index (χ3n) is 6.37. The first-order valence-corrected chi connectivity index (χ1v) is 16.3. The average Bonchev–Trinajstić information content (AvgIpc) is 2.87. The second-order valence-electron chi connectivity index (χ2n) is 9.96. The summed E-state index contributed by atoms with van der Waals surface area (Å²) in [6.07, 6.45) is 21.5. The van der Waals surface area contributed by atoms with Crippen molar-refractivity contribution >= 4 is 13.4 Å². The summed E-state index contributed by atoms with van der Waals surface area (Å²) in [6, 6.07) is 0. The van der Waals surface area contributed by atoms with Gasteiger partial charge in [0.05, 0.1) is 19.8 Å². The zero-order chi connectivity index (χ0) is 27.9. The lowest BCUT2D eigenvalue weighted by Gasteiger charge is -2.10. The van der Waals surface area contributed by atoms with Crippen LogP contribution in [0.5, 0.6) is 0 Å². The summed E-state index contributed by atoms with van der Waals surface area (Å²) in [6.45, 7) is 3.43. The van der Waals surface area contributed by atoms with Crippen LogP contribution in [0.25, 0.3) is 0 Å². The van der Waals surface area contributed by atoms with Gasteiger partial charge in [-0.05, 0) is 6.42 Å². The van der Waals surface area contributed by atoms with Crippen molar-refractivity contribution in [1.82, 2.24) is 9.55 Å². The maximum atomic E-state index is 14.2. The first kappa shape index (κ1) is 34.7. The van der Waals surface area contributed by atoms with Gasteiger partial charge in [0.1, 0.15) is 6.35 Å². The van der Waals surface area contributed by atoms with E-state index in [0.717, 1.165) is 23.6 Å². The minimum Gasteiger partial charge on any atom is -0.380 e. The van der Waals surface area contributed by atoms with E-state index in [1.54, 1.807) is 0 Å². The molecule has 0 bridgehead atoms. The molecule has 3 N–H and O–H groups in total. The highest BCUT2D eigenvalue weighted by Gasteiger charge is 2.13. The third kappa shape index (κ3) is 19.7. The van der Waals surface area contributed by atoms with E-state index in [0.29, 0.717) is 19.8 Å². The van der Waals surface area contributed by atoms with Crippen LogP contribution in [0.4, 0.5) is 10.2 Å².